The first kappa shape index (κ1) is 18.7. The van der Waals surface area contributed by atoms with Gasteiger partial charge in [0.2, 0.25) is 11.8 Å². The largest absolute Gasteiger partial charge is 0.494 e. The van der Waals surface area contributed by atoms with E-state index in [0.29, 0.717) is 42.7 Å². The number of hydrogen-bond acceptors (Lipinski definition) is 4. The van der Waals surface area contributed by atoms with Crippen molar-refractivity contribution in [3.05, 3.63) is 18.2 Å². The molecule has 2 aliphatic rings. The summed E-state index contributed by atoms with van der Waals surface area (Å²) in [7, 11) is 1.59. The number of benzene rings is 1. The third-order valence-corrected chi connectivity index (χ3v) is 5.52. The van der Waals surface area contributed by atoms with E-state index in [1.165, 1.54) is 0 Å². The predicted octanol–water partition coefficient (Wildman–Crippen LogP) is 2.79. The van der Waals surface area contributed by atoms with Crippen LogP contribution in [0.4, 0.5) is 11.4 Å². The van der Waals surface area contributed by atoms with Crippen LogP contribution in [0.2, 0.25) is 0 Å². The van der Waals surface area contributed by atoms with Gasteiger partial charge in [0.05, 0.1) is 12.8 Å². The predicted molar refractivity (Wildman–Crippen MR) is 103 cm³/mol. The Morgan fingerprint density at radius 3 is 2.81 bits per heavy atom. The highest BCUT2D eigenvalue weighted by molar-refractivity contribution is 5.98. The van der Waals surface area contributed by atoms with Crippen LogP contribution in [0.25, 0.3) is 0 Å². The lowest BCUT2D eigenvalue weighted by atomic mass is 9.84. The smallest absolute Gasteiger partial charge is 0.227 e. The molecular formula is C20H29N3O3. The number of methoxy groups -OCH3 is 1. The molecule has 2 fully saturated rings. The monoisotopic (exact) mass is 359 g/mol. The molecule has 2 saturated heterocycles. The lowest BCUT2D eigenvalue weighted by Gasteiger charge is -2.28. The molecule has 0 bridgehead atoms. The van der Waals surface area contributed by atoms with E-state index in [1.807, 2.05) is 12.1 Å². The summed E-state index contributed by atoms with van der Waals surface area (Å²) >= 11 is 0. The molecule has 0 aromatic heterocycles. The van der Waals surface area contributed by atoms with Gasteiger partial charge in [-0.05, 0) is 56.3 Å². The molecule has 2 amide bonds. The van der Waals surface area contributed by atoms with Gasteiger partial charge in [-0.3, -0.25) is 9.59 Å². The van der Waals surface area contributed by atoms with E-state index < -0.39 is 0 Å². The Labute approximate surface area is 155 Å². The average molecular weight is 359 g/mol. The molecule has 0 aliphatic carbocycles. The van der Waals surface area contributed by atoms with Crippen molar-refractivity contribution in [2.75, 3.05) is 37.0 Å². The van der Waals surface area contributed by atoms with Crippen molar-refractivity contribution >= 4 is 23.2 Å². The summed E-state index contributed by atoms with van der Waals surface area (Å²) in [6, 6.07) is 5.50. The number of piperidine rings is 1. The summed E-state index contributed by atoms with van der Waals surface area (Å²) in [5.74, 6) is 1.75. The molecule has 0 spiro atoms. The fraction of sp³-hybridized carbons (Fsp3) is 0.600. The van der Waals surface area contributed by atoms with E-state index in [0.717, 1.165) is 38.0 Å². The molecular weight excluding hydrogens is 330 g/mol. The highest BCUT2D eigenvalue weighted by atomic mass is 16.5. The molecule has 1 unspecified atom stereocenters. The third kappa shape index (κ3) is 4.36. The molecule has 6 heteroatoms. The maximum Gasteiger partial charge on any atom is 0.227 e. The van der Waals surface area contributed by atoms with Gasteiger partial charge >= 0.3 is 0 Å². The summed E-state index contributed by atoms with van der Waals surface area (Å²) < 4.78 is 5.45. The van der Waals surface area contributed by atoms with Crippen molar-refractivity contribution in [1.29, 1.82) is 0 Å². The fourth-order valence-corrected chi connectivity index (χ4v) is 3.97. The second-order valence-electron chi connectivity index (χ2n) is 7.35. The van der Waals surface area contributed by atoms with Crippen molar-refractivity contribution in [3.63, 3.8) is 0 Å². The zero-order valence-corrected chi connectivity index (χ0v) is 15.7. The van der Waals surface area contributed by atoms with Crippen LogP contribution in [0.3, 0.4) is 0 Å². The minimum atomic E-state index is 0.0306. The Morgan fingerprint density at radius 2 is 2.15 bits per heavy atom. The number of hydrogen-bond donors (Lipinski definition) is 2. The summed E-state index contributed by atoms with van der Waals surface area (Å²) in [6.07, 6.45) is 4.26. The molecule has 142 valence electrons. The highest BCUT2D eigenvalue weighted by Crippen LogP contribution is 2.34. The molecule has 2 N–H and O–H groups in total. The van der Waals surface area contributed by atoms with E-state index in [-0.39, 0.29) is 11.8 Å². The molecule has 1 aromatic carbocycles. The lowest BCUT2D eigenvalue weighted by Crippen LogP contribution is -2.32. The zero-order valence-electron chi connectivity index (χ0n) is 15.7. The van der Waals surface area contributed by atoms with Crippen LogP contribution in [0.15, 0.2) is 18.2 Å². The highest BCUT2D eigenvalue weighted by Gasteiger charge is 2.25. The minimum absolute atomic E-state index is 0.0306. The van der Waals surface area contributed by atoms with Gasteiger partial charge in [0.1, 0.15) is 5.75 Å². The summed E-state index contributed by atoms with van der Waals surface area (Å²) in [4.78, 5) is 26.2. The number of ether oxygens (including phenoxy) is 1. The Kier molecular flexibility index (Phi) is 6.14. The molecule has 3 rings (SSSR count). The molecule has 0 radical (unpaired) electrons. The maximum absolute atomic E-state index is 12.4. The second-order valence-corrected chi connectivity index (χ2v) is 7.35. The number of anilines is 2. The maximum atomic E-state index is 12.4. The second kappa shape index (κ2) is 8.54. The van der Waals surface area contributed by atoms with E-state index in [9.17, 15) is 9.59 Å². The van der Waals surface area contributed by atoms with Crippen LogP contribution >= 0.6 is 0 Å². The topological polar surface area (TPSA) is 70.7 Å². The Balaban J connectivity index is 1.62. The number of rotatable bonds is 6. The van der Waals surface area contributed by atoms with Crippen molar-refractivity contribution in [3.8, 4) is 5.75 Å². The van der Waals surface area contributed by atoms with Gasteiger partial charge in [0, 0.05) is 31.1 Å². The first-order chi connectivity index (χ1) is 12.6. The summed E-state index contributed by atoms with van der Waals surface area (Å²) in [6.45, 7) is 4.97. The molecule has 1 atom stereocenters. The molecule has 26 heavy (non-hydrogen) atoms. The summed E-state index contributed by atoms with van der Waals surface area (Å²) in [5.41, 5.74) is 1.48. The van der Waals surface area contributed by atoms with Crippen molar-refractivity contribution in [2.45, 2.75) is 39.0 Å². The van der Waals surface area contributed by atoms with Crippen molar-refractivity contribution < 1.29 is 14.3 Å². The van der Waals surface area contributed by atoms with E-state index in [1.54, 1.807) is 18.1 Å². The van der Waals surface area contributed by atoms with Gasteiger partial charge in [0.25, 0.3) is 0 Å². The number of nitrogens with zero attached hydrogens (tertiary/aromatic N) is 1. The normalized spacial score (nSPS) is 19.5. The van der Waals surface area contributed by atoms with Gasteiger partial charge < -0.3 is 20.3 Å². The molecule has 1 aromatic rings. The molecule has 6 nitrogen and oxygen atoms in total. The Morgan fingerprint density at radius 1 is 1.38 bits per heavy atom. The fourth-order valence-electron chi connectivity index (χ4n) is 3.97. The van der Waals surface area contributed by atoms with E-state index in [4.69, 9.17) is 4.74 Å². The quantitative estimate of drug-likeness (QED) is 0.819. The van der Waals surface area contributed by atoms with Gasteiger partial charge in [-0.1, -0.05) is 6.92 Å². The molecule has 0 saturated carbocycles. The summed E-state index contributed by atoms with van der Waals surface area (Å²) in [5, 5.41) is 6.34. The van der Waals surface area contributed by atoms with Crippen LogP contribution < -0.4 is 20.3 Å². The first-order valence-corrected chi connectivity index (χ1v) is 9.57. The average Bonchev–Trinajstić information content (AvgIpc) is 3.08. The van der Waals surface area contributed by atoms with Crippen molar-refractivity contribution in [1.82, 2.24) is 5.32 Å². The molecule has 2 heterocycles. The standard InChI is InChI=1S/C20H29N3O3/c1-14(15-7-9-21-10-8-15)12-19(24)22-16-5-6-17(18(13-16)26-2)23-11-3-4-20(23)25/h5-6,13-15,21H,3-4,7-12H2,1-2H3,(H,22,24). The number of nitrogens with one attached hydrogen (secondary N) is 2. The van der Waals surface area contributed by atoms with Crippen LogP contribution in [-0.4, -0.2) is 38.6 Å². The van der Waals surface area contributed by atoms with Crippen LogP contribution in [0, 0.1) is 11.8 Å². The minimum Gasteiger partial charge on any atom is -0.494 e. The lowest BCUT2D eigenvalue weighted by molar-refractivity contribution is -0.118. The molecule has 2 aliphatic heterocycles. The van der Waals surface area contributed by atoms with E-state index in [2.05, 4.69) is 17.6 Å². The number of carbonyl (C=O) groups is 2. The van der Waals surface area contributed by atoms with Crippen molar-refractivity contribution in [2.24, 2.45) is 11.8 Å². The van der Waals surface area contributed by atoms with Crippen LogP contribution in [0.1, 0.15) is 39.0 Å². The Hall–Kier alpha value is -2.08. The Bertz CT molecular complexity index is 656. The van der Waals surface area contributed by atoms with Gasteiger partial charge in [-0.15, -0.1) is 0 Å². The zero-order chi connectivity index (χ0) is 18.5. The van der Waals surface area contributed by atoms with E-state index >= 15 is 0 Å². The third-order valence-electron chi connectivity index (χ3n) is 5.52. The SMILES string of the molecule is COc1cc(NC(=O)CC(C)C2CCNCC2)ccc1N1CCCC1=O. The van der Waals surface area contributed by atoms with Crippen LogP contribution in [-0.2, 0) is 9.59 Å². The van der Waals surface area contributed by atoms with Crippen LogP contribution in [0.5, 0.6) is 5.75 Å². The van der Waals surface area contributed by atoms with Gasteiger partial charge in [-0.2, -0.15) is 0 Å². The van der Waals surface area contributed by atoms with Gasteiger partial charge in [0.15, 0.2) is 0 Å². The first-order valence-electron chi connectivity index (χ1n) is 9.57. The van der Waals surface area contributed by atoms with Gasteiger partial charge in [-0.25, -0.2) is 0 Å². The number of carbonyl (C=O) groups excluding carboxylic acids is 2. The number of amides is 2.